The molecule has 0 bridgehead atoms. The molecule has 3 rings (SSSR count). The summed E-state index contributed by atoms with van der Waals surface area (Å²) in [4.78, 5) is 23.4. The Morgan fingerprint density at radius 3 is 3.05 bits per heavy atom. The Kier molecular flexibility index (Phi) is 3.91. The van der Waals surface area contributed by atoms with E-state index in [0.29, 0.717) is 11.3 Å². The molecule has 0 aliphatic heterocycles. The second kappa shape index (κ2) is 6.01. The molecular formula is C16H18N4O2. The number of aryl methyl sites for hydroxylation is 1. The van der Waals surface area contributed by atoms with Crippen molar-refractivity contribution in [2.45, 2.75) is 32.2 Å². The highest BCUT2D eigenvalue weighted by Crippen LogP contribution is 2.19. The van der Waals surface area contributed by atoms with Crippen LogP contribution in [0.15, 0.2) is 30.5 Å². The molecule has 0 saturated carbocycles. The Morgan fingerprint density at radius 1 is 1.36 bits per heavy atom. The highest BCUT2D eigenvalue weighted by molar-refractivity contribution is 5.96. The van der Waals surface area contributed by atoms with E-state index in [0.717, 1.165) is 25.0 Å². The topological polar surface area (TPSA) is 86.9 Å². The van der Waals surface area contributed by atoms with Crippen LogP contribution in [0.2, 0.25) is 0 Å². The molecule has 1 aliphatic carbocycles. The Morgan fingerprint density at radius 2 is 2.23 bits per heavy atom. The number of carbonyl (C=O) groups excluding carboxylic acids is 2. The van der Waals surface area contributed by atoms with Crippen molar-refractivity contribution in [2.24, 2.45) is 0 Å². The lowest BCUT2D eigenvalue weighted by Crippen LogP contribution is -2.38. The molecular weight excluding hydrogens is 280 g/mol. The highest BCUT2D eigenvalue weighted by atomic mass is 16.2. The number of amides is 2. The third kappa shape index (κ3) is 3.16. The van der Waals surface area contributed by atoms with E-state index in [1.807, 2.05) is 6.20 Å². The van der Waals surface area contributed by atoms with Crippen LogP contribution in [0.1, 0.15) is 35.0 Å². The van der Waals surface area contributed by atoms with Gasteiger partial charge in [0.05, 0.1) is 6.20 Å². The van der Waals surface area contributed by atoms with Gasteiger partial charge in [0, 0.05) is 36.3 Å². The lowest BCUT2D eigenvalue weighted by atomic mass is 9.93. The molecule has 1 heterocycles. The first-order chi connectivity index (χ1) is 10.6. The molecule has 0 saturated heterocycles. The number of aromatic amines is 1. The van der Waals surface area contributed by atoms with Crippen molar-refractivity contribution in [3.05, 3.63) is 47.3 Å². The number of nitrogens with zero attached hydrogens (tertiary/aromatic N) is 1. The number of hydrogen-bond donors (Lipinski definition) is 3. The fourth-order valence-corrected chi connectivity index (χ4v) is 2.74. The Balaban J connectivity index is 1.66. The summed E-state index contributed by atoms with van der Waals surface area (Å²) in [5.41, 5.74) is 3.50. The lowest BCUT2D eigenvalue weighted by molar-refractivity contribution is -0.114. The van der Waals surface area contributed by atoms with Crippen LogP contribution in [0.5, 0.6) is 0 Å². The van der Waals surface area contributed by atoms with E-state index in [9.17, 15) is 9.59 Å². The summed E-state index contributed by atoms with van der Waals surface area (Å²) in [6.07, 6.45) is 4.45. The number of aromatic nitrogens is 2. The summed E-state index contributed by atoms with van der Waals surface area (Å²) >= 11 is 0. The van der Waals surface area contributed by atoms with Crippen molar-refractivity contribution in [1.29, 1.82) is 0 Å². The van der Waals surface area contributed by atoms with E-state index in [-0.39, 0.29) is 17.9 Å². The van der Waals surface area contributed by atoms with Gasteiger partial charge in [-0.15, -0.1) is 0 Å². The molecule has 0 fully saturated rings. The van der Waals surface area contributed by atoms with Gasteiger partial charge in [-0.3, -0.25) is 14.7 Å². The van der Waals surface area contributed by atoms with Gasteiger partial charge in [0.1, 0.15) is 0 Å². The van der Waals surface area contributed by atoms with Gasteiger partial charge >= 0.3 is 0 Å². The Hall–Kier alpha value is -2.63. The second-order valence-electron chi connectivity index (χ2n) is 5.55. The molecule has 1 aromatic carbocycles. The molecule has 2 amide bonds. The van der Waals surface area contributed by atoms with Crippen LogP contribution in [-0.4, -0.2) is 28.1 Å². The van der Waals surface area contributed by atoms with E-state index in [1.165, 1.54) is 12.5 Å². The Bertz CT molecular complexity index is 708. The van der Waals surface area contributed by atoms with E-state index >= 15 is 0 Å². The zero-order valence-corrected chi connectivity index (χ0v) is 12.3. The van der Waals surface area contributed by atoms with Gasteiger partial charge in [0.2, 0.25) is 5.91 Å². The summed E-state index contributed by atoms with van der Waals surface area (Å²) in [7, 11) is 0. The van der Waals surface area contributed by atoms with Crippen LogP contribution >= 0.6 is 0 Å². The minimum absolute atomic E-state index is 0.102. The highest BCUT2D eigenvalue weighted by Gasteiger charge is 2.22. The summed E-state index contributed by atoms with van der Waals surface area (Å²) in [6.45, 7) is 1.44. The van der Waals surface area contributed by atoms with Gasteiger partial charge < -0.3 is 10.6 Å². The fraction of sp³-hybridized carbons (Fsp3) is 0.312. The average Bonchev–Trinajstić information content (AvgIpc) is 2.94. The van der Waals surface area contributed by atoms with E-state index < -0.39 is 0 Å². The number of hydrogen-bond acceptors (Lipinski definition) is 3. The molecule has 1 atom stereocenters. The quantitative estimate of drug-likeness (QED) is 0.805. The number of rotatable bonds is 3. The normalized spacial score (nSPS) is 16.7. The largest absolute Gasteiger partial charge is 0.349 e. The number of nitrogens with one attached hydrogen (secondary N) is 3. The zero-order valence-electron chi connectivity index (χ0n) is 12.3. The van der Waals surface area contributed by atoms with Crippen LogP contribution in [0, 0.1) is 0 Å². The van der Waals surface area contributed by atoms with Gasteiger partial charge in [-0.1, -0.05) is 6.07 Å². The lowest BCUT2D eigenvalue weighted by Gasteiger charge is -2.22. The minimum atomic E-state index is -0.156. The molecule has 0 spiro atoms. The van der Waals surface area contributed by atoms with Crippen LogP contribution < -0.4 is 10.6 Å². The standard InChI is InChI=1S/C16H18N4O2/c1-10(21)18-13-4-2-3-11(7-13)16(22)19-14-6-5-12-9-17-20-15(12)8-14/h2-4,7,9,14H,5-6,8H2,1H3,(H,17,20)(H,18,21)(H,19,22). The number of anilines is 1. The molecule has 1 unspecified atom stereocenters. The summed E-state index contributed by atoms with van der Waals surface area (Å²) < 4.78 is 0. The SMILES string of the molecule is CC(=O)Nc1cccc(C(=O)NC2CCc3cn[nH]c3C2)c1. The van der Waals surface area contributed by atoms with E-state index in [4.69, 9.17) is 0 Å². The molecule has 1 aliphatic rings. The zero-order chi connectivity index (χ0) is 15.5. The molecule has 22 heavy (non-hydrogen) atoms. The fourth-order valence-electron chi connectivity index (χ4n) is 2.74. The first kappa shape index (κ1) is 14.3. The van der Waals surface area contributed by atoms with Gasteiger partial charge in [0.15, 0.2) is 0 Å². The summed E-state index contributed by atoms with van der Waals surface area (Å²) in [5.74, 6) is -0.281. The third-order valence-corrected chi connectivity index (χ3v) is 3.80. The van der Waals surface area contributed by atoms with Crippen LogP contribution in [-0.2, 0) is 17.6 Å². The van der Waals surface area contributed by atoms with E-state index in [1.54, 1.807) is 24.3 Å². The number of fused-ring (bicyclic) bond motifs is 1. The smallest absolute Gasteiger partial charge is 0.251 e. The van der Waals surface area contributed by atoms with Crippen molar-refractivity contribution in [1.82, 2.24) is 15.5 Å². The third-order valence-electron chi connectivity index (χ3n) is 3.80. The van der Waals surface area contributed by atoms with Gasteiger partial charge in [-0.05, 0) is 36.6 Å². The van der Waals surface area contributed by atoms with Crippen molar-refractivity contribution < 1.29 is 9.59 Å². The van der Waals surface area contributed by atoms with Gasteiger partial charge in [-0.25, -0.2) is 0 Å². The summed E-state index contributed by atoms with van der Waals surface area (Å²) in [6, 6.07) is 7.04. The maximum atomic E-state index is 12.4. The maximum Gasteiger partial charge on any atom is 0.251 e. The molecule has 6 nitrogen and oxygen atoms in total. The average molecular weight is 298 g/mol. The first-order valence-electron chi connectivity index (χ1n) is 7.31. The maximum absolute atomic E-state index is 12.4. The second-order valence-corrected chi connectivity index (χ2v) is 5.55. The van der Waals surface area contributed by atoms with Gasteiger partial charge in [0.25, 0.3) is 5.91 Å². The minimum Gasteiger partial charge on any atom is -0.349 e. The predicted octanol–water partition coefficient (Wildman–Crippen LogP) is 1.66. The van der Waals surface area contributed by atoms with Crippen molar-refractivity contribution >= 4 is 17.5 Å². The number of carbonyl (C=O) groups is 2. The summed E-state index contributed by atoms with van der Waals surface area (Å²) in [5, 5.41) is 12.7. The van der Waals surface area contributed by atoms with E-state index in [2.05, 4.69) is 20.8 Å². The molecule has 2 aromatic rings. The molecule has 1 aromatic heterocycles. The molecule has 6 heteroatoms. The number of benzene rings is 1. The van der Waals surface area contributed by atoms with Gasteiger partial charge in [-0.2, -0.15) is 5.10 Å². The monoisotopic (exact) mass is 298 g/mol. The van der Waals surface area contributed by atoms with Crippen LogP contribution in [0.3, 0.4) is 0 Å². The first-order valence-corrected chi connectivity index (χ1v) is 7.31. The van der Waals surface area contributed by atoms with Crippen LogP contribution in [0.4, 0.5) is 5.69 Å². The molecule has 114 valence electrons. The Labute approximate surface area is 128 Å². The number of H-pyrrole nitrogens is 1. The van der Waals surface area contributed by atoms with Crippen molar-refractivity contribution in [3.63, 3.8) is 0 Å². The van der Waals surface area contributed by atoms with Crippen molar-refractivity contribution in [2.75, 3.05) is 5.32 Å². The molecule has 3 N–H and O–H groups in total. The van der Waals surface area contributed by atoms with Crippen LogP contribution in [0.25, 0.3) is 0 Å². The molecule has 0 radical (unpaired) electrons. The van der Waals surface area contributed by atoms with Crippen molar-refractivity contribution in [3.8, 4) is 0 Å². The predicted molar refractivity (Wildman–Crippen MR) is 82.6 cm³/mol.